The number of benzene rings is 2. The lowest BCUT2D eigenvalue weighted by Crippen LogP contribution is -2.04. The van der Waals surface area contributed by atoms with Gasteiger partial charge in [0, 0.05) is 71.8 Å². The third-order valence-corrected chi connectivity index (χ3v) is 7.27. The number of hydrogen-bond donors (Lipinski definition) is 0. The summed E-state index contributed by atoms with van der Waals surface area (Å²) in [6.07, 6.45) is 11.3. The summed E-state index contributed by atoms with van der Waals surface area (Å²) in [7, 11) is 0. The van der Waals surface area contributed by atoms with Crippen LogP contribution in [0.15, 0.2) is 86.0 Å². The molecule has 160 valence electrons. The van der Waals surface area contributed by atoms with E-state index in [2.05, 4.69) is 81.5 Å². The van der Waals surface area contributed by atoms with Crippen molar-refractivity contribution in [1.29, 1.82) is 0 Å². The van der Waals surface area contributed by atoms with Crippen molar-refractivity contribution in [3.05, 3.63) is 97.1 Å². The summed E-state index contributed by atoms with van der Waals surface area (Å²) in [5.74, 6) is 2.50. The number of nitrogens with zero attached hydrogens (tertiary/aromatic N) is 4. The molecule has 0 radical (unpaired) electrons. The first-order chi connectivity index (χ1) is 15.2. The summed E-state index contributed by atoms with van der Waals surface area (Å²) in [5, 5.41) is 0. The van der Waals surface area contributed by atoms with Crippen molar-refractivity contribution in [3.8, 4) is 11.4 Å². The molecule has 0 aliphatic rings. The lowest BCUT2D eigenvalue weighted by molar-refractivity contribution is 0.729. The van der Waals surface area contributed by atoms with Gasteiger partial charge in [-0.3, -0.25) is 0 Å². The zero-order valence-corrected chi connectivity index (χ0v) is 19.3. The van der Waals surface area contributed by atoms with Gasteiger partial charge < -0.3 is 9.13 Å². The van der Waals surface area contributed by atoms with E-state index < -0.39 is 0 Å². The van der Waals surface area contributed by atoms with Gasteiger partial charge in [-0.1, -0.05) is 50.2 Å². The normalized spacial score (nSPS) is 13.2. The van der Waals surface area contributed by atoms with Crippen LogP contribution in [0, 0.1) is 0 Å². The largest absolute Gasteiger partial charge is 0.306 e. The third kappa shape index (κ3) is 5.42. The fourth-order valence-electron chi connectivity index (χ4n) is 3.56. The number of para-hydroxylation sites is 2. The van der Waals surface area contributed by atoms with Gasteiger partial charge in [-0.25, -0.2) is 13.6 Å². The zero-order valence-electron chi connectivity index (χ0n) is 17.7. The van der Waals surface area contributed by atoms with Crippen molar-refractivity contribution >= 4 is 24.1 Å². The van der Waals surface area contributed by atoms with Gasteiger partial charge in [0.2, 0.25) is 0 Å². The molecule has 0 N–H and O–H groups in total. The van der Waals surface area contributed by atoms with E-state index in [0.717, 1.165) is 11.5 Å². The molecule has 0 aliphatic heterocycles. The summed E-state index contributed by atoms with van der Waals surface area (Å²) in [5.41, 5.74) is 4.93. The molecule has 2 heterocycles. The summed E-state index contributed by atoms with van der Waals surface area (Å²) in [6, 6.07) is 16.9. The van der Waals surface area contributed by atoms with Gasteiger partial charge in [0.1, 0.15) is 0 Å². The topological polar surface area (TPSA) is 44.9 Å². The van der Waals surface area contributed by atoms with Crippen LogP contribution in [0.2, 0.25) is 0 Å². The molecule has 2 aromatic carbocycles. The number of imidazole rings is 2. The van der Waals surface area contributed by atoms with Gasteiger partial charge in [-0.05, 0) is 35.1 Å². The Morgan fingerprint density at radius 3 is 1.61 bits per heavy atom. The molecule has 0 spiro atoms. The van der Waals surface area contributed by atoms with Gasteiger partial charge in [-0.15, -0.1) is 0 Å². The first kappa shape index (κ1) is 21.7. The van der Waals surface area contributed by atoms with Gasteiger partial charge in [0.25, 0.3) is 0 Å². The minimum absolute atomic E-state index is 0.364. The zero-order chi connectivity index (χ0) is 21.5. The van der Waals surface area contributed by atoms with Crippen molar-refractivity contribution in [2.24, 2.45) is 0 Å². The van der Waals surface area contributed by atoms with Crippen LogP contribution in [0.4, 0.5) is 0 Å². The molecular weight excluding hydrogens is 424 g/mol. The van der Waals surface area contributed by atoms with Crippen LogP contribution in [0.5, 0.6) is 0 Å². The van der Waals surface area contributed by atoms with E-state index in [4.69, 9.17) is 3.63 Å². The second kappa shape index (κ2) is 10.7. The van der Waals surface area contributed by atoms with Crippen molar-refractivity contribution in [2.75, 3.05) is 11.5 Å². The van der Waals surface area contributed by atoms with E-state index in [-0.39, 0.29) is 0 Å². The van der Waals surface area contributed by atoms with Crippen LogP contribution in [0.1, 0.15) is 36.8 Å². The molecule has 4 rings (SSSR count). The van der Waals surface area contributed by atoms with Crippen molar-refractivity contribution in [3.63, 3.8) is 0 Å². The summed E-state index contributed by atoms with van der Waals surface area (Å²) in [4.78, 5) is 8.35. The Morgan fingerprint density at radius 1 is 0.742 bits per heavy atom. The average Bonchev–Trinajstić information content (AvgIpc) is 3.53. The van der Waals surface area contributed by atoms with E-state index in [1.54, 1.807) is 0 Å². The number of hydrogen-bond acceptors (Lipinski definition) is 5. The number of rotatable bonds is 10. The van der Waals surface area contributed by atoms with Gasteiger partial charge in [0.15, 0.2) is 0 Å². The molecular formula is C24H26N4OS2. The molecule has 0 bridgehead atoms. The molecule has 0 amide bonds. The molecule has 2 aromatic heterocycles. The van der Waals surface area contributed by atoms with Crippen LogP contribution in [0.3, 0.4) is 0 Å². The molecule has 0 aliphatic carbocycles. The van der Waals surface area contributed by atoms with E-state index in [9.17, 15) is 0 Å². The minimum Gasteiger partial charge on any atom is -0.306 e. The summed E-state index contributed by atoms with van der Waals surface area (Å²) >= 11 is 3.05. The fourth-order valence-corrected chi connectivity index (χ4v) is 5.04. The van der Waals surface area contributed by atoms with E-state index in [1.807, 2.05) is 37.4 Å². The van der Waals surface area contributed by atoms with Crippen molar-refractivity contribution in [2.45, 2.75) is 25.7 Å². The lowest BCUT2D eigenvalue weighted by Gasteiger charge is -2.17. The van der Waals surface area contributed by atoms with Gasteiger partial charge >= 0.3 is 0 Å². The highest BCUT2D eigenvalue weighted by Crippen LogP contribution is 2.31. The Kier molecular flexibility index (Phi) is 7.51. The second-order valence-electron chi connectivity index (χ2n) is 7.50. The quantitative estimate of drug-likeness (QED) is 0.210. The fraction of sp³-hybridized carbons (Fsp3) is 0.250. The smallest absolute Gasteiger partial charge is 0.0991 e. The monoisotopic (exact) mass is 450 g/mol. The first-order valence-corrected chi connectivity index (χ1v) is 12.1. The van der Waals surface area contributed by atoms with Crippen LogP contribution >= 0.6 is 24.1 Å². The SMILES string of the molecule is CC(CSOSCC(C)c1ccccc1-n1ccnc1)c1ccccc1-n1ccnc1. The lowest BCUT2D eigenvalue weighted by atomic mass is 10.0. The maximum atomic E-state index is 5.87. The minimum atomic E-state index is 0.364. The highest BCUT2D eigenvalue weighted by molar-refractivity contribution is 8.07. The molecule has 5 nitrogen and oxygen atoms in total. The van der Waals surface area contributed by atoms with Gasteiger partial charge in [0.05, 0.1) is 12.7 Å². The Hall–Kier alpha value is -2.48. The molecule has 4 aromatic rings. The predicted molar refractivity (Wildman–Crippen MR) is 130 cm³/mol. The van der Waals surface area contributed by atoms with Gasteiger partial charge in [-0.2, -0.15) is 0 Å². The molecule has 0 fully saturated rings. The standard InChI is InChI=1S/C24H26N4OS2/c1-19(21-7-3-5-9-23(21)27-13-11-25-17-27)15-30-29-31-16-20(2)22-8-4-6-10-24(22)28-14-12-26-18-28/h3-14,17-20H,15-16H2,1-2H3. The van der Waals surface area contributed by atoms with Crippen LogP contribution in [0.25, 0.3) is 11.4 Å². The predicted octanol–water partition coefficient (Wildman–Crippen LogP) is 6.28. The Balaban J connectivity index is 1.28. The third-order valence-electron chi connectivity index (χ3n) is 5.23. The molecule has 31 heavy (non-hydrogen) atoms. The number of aromatic nitrogens is 4. The van der Waals surface area contributed by atoms with Crippen molar-refractivity contribution in [1.82, 2.24) is 19.1 Å². The Morgan fingerprint density at radius 2 is 1.19 bits per heavy atom. The van der Waals surface area contributed by atoms with Crippen LogP contribution in [-0.4, -0.2) is 30.6 Å². The second-order valence-corrected chi connectivity index (χ2v) is 9.18. The molecule has 2 atom stereocenters. The van der Waals surface area contributed by atoms with E-state index in [1.165, 1.54) is 46.6 Å². The average molecular weight is 451 g/mol. The van der Waals surface area contributed by atoms with Crippen molar-refractivity contribution < 1.29 is 3.63 Å². The van der Waals surface area contributed by atoms with Crippen LogP contribution < -0.4 is 0 Å². The molecule has 2 unspecified atom stereocenters. The molecule has 0 saturated carbocycles. The van der Waals surface area contributed by atoms with Crippen LogP contribution in [-0.2, 0) is 3.63 Å². The Labute approximate surface area is 192 Å². The van der Waals surface area contributed by atoms with E-state index in [0.29, 0.717) is 11.8 Å². The summed E-state index contributed by atoms with van der Waals surface area (Å²) < 4.78 is 10.00. The van der Waals surface area contributed by atoms with E-state index >= 15 is 0 Å². The maximum Gasteiger partial charge on any atom is 0.0991 e. The maximum absolute atomic E-state index is 5.87. The molecule has 0 saturated heterocycles. The Bertz CT molecular complexity index is 981. The highest BCUT2D eigenvalue weighted by atomic mass is 32.2. The first-order valence-electron chi connectivity index (χ1n) is 10.3. The summed E-state index contributed by atoms with van der Waals surface area (Å²) in [6.45, 7) is 4.47. The highest BCUT2D eigenvalue weighted by Gasteiger charge is 2.14. The molecule has 7 heteroatoms.